The molecule has 1 heterocycles. The molecule has 1 aliphatic heterocycles. The number of nitrogens with two attached hydrogens (primary N) is 1. The number of carboxylic acid groups (broad SMARTS) is 2. The molecular weight excluding hydrogens is 256 g/mol. The monoisotopic (exact) mass is 272 g/mol. The minimum atomic E-state index is -2.08. The summed E-state index contributed by atoms with van der Waals surface area (Å²) in [5.74, 6) is -3.67. The van der Waals surface area contributed by atoms with Gasteiger partial charge in [0, 0.05) is 19.3 Å². The van der Waals surface area contributed by atoms with Gasteiger partial charge in [0.05, 0.1) is 0 Å². The van der Waals surface area contributed by atoms with E-state index in [1.54, 1.807) is 0 Å². The van der Waals surface area contributed by atoms with Gasteiger partial charge in [0.1, 0.15) is 0 Å². The van der Waals surface area contributed by atoms with Crippen LogP contribution in [0.1, 0.15) is 38.5 Å². The summed E-state index contributed by atoms with van der Waals surface area (Å²) in [7, 11) is 0. The van der Waals surface area contributed by atoms with E-state index in [-0.39, 0.29) is 38.5 Å². The van der Waals surface area contributed by atoms with Crippen LogP contribution in [0.25, 0.3) is 0 Å². The topological polar surface area (TPSA) is 138 Å². The molecule has 19 heavy (non-hydrogen) atoms. The predicted octanol–water partition coefficient (Wildman–Crippen LogP) is -0.480. The second kappa shape index (κ2) is 5.79. The van der Waals surface area contributed by atoms with Crippen LogP contribution in [0.5, 0.6) is 0 Å². The maximum Gasteiger partial charge on any atom is 0.345 e. The van der Waals surface area contributed by atoms with E-state index in [0.717, 1.165) is 0 Å². The molecule has 0 aliphatic carbocycles. The van der Waals surface area contributed by atoms with Crippen molar-refractivity contribution in [2.75, 3.05) is 0 Å². The number of carbonyl (C=O) groups is 4. The number of aliphatic carboxylic acids is 2. The third-order valence-corrected chi connectivity index (χ3v) is 3.02. The minimum Gasteiger partial charge on any atom is -0.481 e. The van der Waals surface area contributed by atoms with Crippen LogP contribution in [-0.2, 0) is 19.2 Å². The molecule has 106 valence electrons. The fourth-order valence-corrected chi connectivity index (χ4v) is 2.01. The second-order valence-electron chi connectivity index (χ2n) is 4.45. The van der Waals surface area contributed by atoms with Gasteiger partial charge in [0.15, 0.2) is 5.66 Å². The van der Waals surface area contributed by atoms with Crippen LogP contribution in [0.15, 0.2) is 0 Å². The Morgan fingerprint density at radius 3 is 2.11 bits per heavy atom. The zero-order valence-electron chi connectivity index (χ0n) is 10.3. The summed E-state index contributed by atoms with van der Waals surface area (Å²) in [6.45, 7) is 0. The van der Waals surface area contributed by atoms with Gasteiger partial charge in [-0.1, -0.05) is 0 Å². The number of rotatable bonds is 7. The quantitative estimate of drug-likeness (QED) is 0.420. The third-order valence-electron chi connectivity index (χ3n) is 3.02. The maximum atomic E-state index is 11.5. The van der Waals surface area contributed by atoms with Crippen LogP contribution in [0, 0.1) is 0 Å². The molecule has 0 aromatic rings. The van der Waals surface area contributed by atoms with Crippen molar-refractivity contribution >= 4 is 23.8 Å². The molecule has 4 N–H and O–H groups in total. The lowest BCUT2D eigenvalue weighted by atomic mass is 10.0. The average Bonchev–Trinajstić information content (AvgIpc) is 2.64. The lowest BCUT2D eigenvalue weighted by molar-refractivity contribution is -0.163. The van der Waals surface area contributed by atoms with Crippen molar-refractivity contribution in [3.8, 4) is 0 Å². The van der Waals surface area contributed by atoms with Gasteiger partial charge in [-0.3, -0.25) is 25.0 Å². The van der Waals surface area contributed by atoms with E-state index in [4.69, 9.17) is 15.9 Å². The van der Waals surface area contributed by atoms with E-state index in [1.807, 2.05) is 0 Å². The van der Waals surface area contributed by atoms with Gasteiger partial charge in [-0.2, -0.15) is 0 Å². The molecule has 1 saturated heterocycles. The van der Waals surface area contributed by atoms with E-state index in [1.165, 1.54) is 0 Å². The first-order chi connectivity index (χ1) is 8.79. The van der Waals surface area contributed by atoms with Gasteiger partial charge in [0.25, 0.3) is 0 Å². The van der Waals surface area contributed by atoms with E-state index < -0.39 is 29.4 Å². The fraction of sp³-hybridized carbons (Fsp3) is 0.636. The largest absolute Gasteiger partial charge is 0.481 e. The average molecular weight is 272 g/mol. The van der Waals surface area contributed by atoms with Crippen LogP contribution >= 0.6 is 0 Å². The zero-order valence-corrected chi connectivity index (χ0v) is 10.3. The molecule has 2 amide bonds. The van der Waals surface area contributed by atoms with Crippen LogP contribution < -0.4 is 5.73 Å². The van der Waals surface area contributed by atoms with Crippen molar-refractivity contribution in [3.63, 3.8) is 0 Å². The number of nitrogens with zero attached hydrogens (tertiary/aromatic N) is 1. The summed E-state index contributed by atoms with van der Waals surface area (Å²) in [6, 6.07) is 0. The van der Waals surface area contributed by atoms with Crippen molar-refractivity contribution in [1.29, 1.82) is 0 Å². The lowest BCUT2D eigenvalue weighted by Gasteiger charge is -2.32. The molecule has 1 rings (SSSR count). The molecule has 1 unspecified atom stereocenters. The molecule has 0 saturated carbocycles. The summed E-state index contributed by atoms with van der Waals surface area (Å²) in [5, 5.41) is 17.6. The number of carbonyl (C=O) groups excluding carboxylic acids is 2. The predicted molar refractivity (Wildman–Crippen MR) is 61.7 cm³/mol. The maximum absolute atomic E-state index is 11.5. The summed E-state index contributed by atoms with van der Waals surface area (Å²) < 4.78 is 0. The zero-order chi connectivity index (χ0) is 14.6. The number of amides is 2. The van der Waals surface area contributed by atoms with E-state index in [0.29, 0.717) is 4.90 Å². The molecule has 0 aromatic heterocycles. The van der Waals surface area contributed by atoms with E-state index >= 15 is 0 Å². The molecular formula is C11H16N2O6. The fourth-order valence-electron chi connectivity index (χ4n) is 2.01. The normalized spacial score (nSPS) is 18.5. The van der Waals surface area contributed by atoms with Crippen LogP contribution in [0.2, 0.25) is 0 Å². The molecule has 0 radical (unpaired) electrons. The lowest BCUT2D eigenvalue weighted by Crippen LogP contribution is -2.63. The van der Waals surface area contributed by atoms with Gasteiger partial charge in [-0.05, 0) is 19.3 Å². The summed E-state index contributed by atoms with van der Waals surface area (Å²) >= 11 is 0. The first-order valence-electron chi connectivity index (χ1n) is 5.89. The number of imide groups is 1. The number of unbranched alkanes of at least 4 members (excludes halogenated alkanes) is 1. The number of hydrogen-bond acceptors (Lipinski definition) is 5. The molecule has 8 nitrogen and oxygen atoms in total. The van der Waals surface area contributed by atoms with Crippen molar-refractivity contribution in [2.24, 2.45) is 5.73 Å². The Labute approximate surface area is 109 Å². The summed E-state index contributed by atoms with van der Waals surface area (Å²) in [6.07, 6.45) is 0.0784. The number of likely N-dealkylation sites (tertiary alicyclic amines) is 1. The Hall–Kier alpha value is -1.96. The highest BCUT2D eigenvalue weighted by atomic mass is 16.4. The first kappa shape index (κ1) is 15.1. The van der Waals surface area contributed by atoms with Gasteiger partial charge >= 0.3 is 11.9 Å². The molecule has 1 atom stereocenters. The van der Waals surface area contributed by atoms with Crippen molar-refractivity contribution in [1.82, 2.24) is 4.90 Å². The van der Waals surface area contributed by atoms with Crippen LogP contribution in [-0.4, -0.2) is 44.5 Å². The Morgan fingerprint density at radius 2 is 1.68 bits per heavy atom. The van der Waals surface area contributed by atoms with E-state index in [9.17, 15) is 19.2 Å². The molecule has 1 fully saturated rings. The van der Waals surface area contributed by atoms with Crippen molar-refractivity contribution in [3.05, 3.63) is 0 Å². The van der Waals surface area contributed by atoms with Crippen LogP contribution in [0.4, 0.5) is 0 Å². The van der Waals surface area contributed by atoms with Gasteiger partial charge in [-0.25, -0.2) is 4.79 Å². The summed E-state index contributed by atoms with van der Waals surface area (Å²) in [5.41, 5.74) is 3.60. The molecule has 0 spiro atoms. The Bertz CT molecular complexity index is 405. The van der Waals surface area contributed by atoms with Crippen molar-refractivity contribution in [2.45, 2.75) is 44.2 Å². The van der Waals surface area contributed by atoms with Crippen LogP contribution in [0.3, 0.4) is 0 Å². The SMILES string of the molecule is NC(CCCCC(=O)O)(C(=O)O)N1C(=O)CCC1=O. The van der Waals surface area contributed by atoms with Crippen molar-refractivity contribution < 1.29 is 29.4 Å². The van der Waals surface area contributed by atoms with Gasteiger partial charge in [0.2, 0.25) is 11.8 Å². The highest BCUT2D eigenvalue weighted by Gasteiger charge is 2.48. The molecule has 8 heteroatoms. The number of hydrogen-bond donors (Lipinski definition) is 3. The van der Waals surface area contributed by atoms with E-state index in [2.05, 4.69) is 0 Å². The number of carboxylic acids is 2. The smallest absolute Gasteiger partial charge is 0.345 e. The Kier molecular flexibility index (Phi) is 4.60. The highest BCUT2D eigenvalue weighted by molar-refractivity contribution is 6.06. The van der Waals surface area contributed by atoms with Gasteiger partial charge < -0.3 is 10.2 Å². The summed E-state index contributed by atoms with van der Waals surface area (Å²) in [4.78, 5) is 45.3. The van der Waals surface area contributed by atoms with Gasteiger partial charge in [-0.15, -0.1) is 0 Å². The Balaban J connectivity index is 2.74. The minimum absolute atomic E-state index is 0.0415. The second-order valence-corrected chi connectivity index (χ2v) is 4.45. The first-order valence-corrected chi connectivity index (χ1v) is 5.89. The third kappa shape index (κ3) is 3.28. The standard InChI is InChI=1S/C11H16N2O6/c12-11(10(18)19,6-2-1-3-9(16)17)13-7(14)4-5-8(13)15/h1-6,12H2,(H,16,17)(H,18,19). The molecule has 0 aromatic carbocycles. The Morgan fingerprint density at radius 1 is 1.16 bits per heavy atom. The molecule has 1 aliphatic rings. The molecule has 0 bridgehead atoms. The highest BCUT2D eigenvalue weighted by Crippen LogP contribution is 2.25.